The highest BCUT2D eigenvalue weighted by molar-refractivity contribution is 7.98. The zero-order chi connectivity index (χ0) is 15.2. The summed E-state index contributed by atoms with van der Waals surface area (Å²) in [5.74, 6) is 1.80. The molecule has 0 fully saturated rings. The molecule has 3 N–H and O–H groups in total. The molecule has 1 atom stereocenters. The van der Waals surface area contributed by atoms with Crippen LogP contribution in [0.25, 0.3) is 0 Å². The molecule has 20 heavy (non-hydrogen) atoms. The van der Waals surface area contributed by atoms with Crippen LogP contribution in [-0.4, -0.2) is 34.1 Å². The largest absolute Gasteiger partial charge is 0.496 e. The topological polar surface area (TPSA) is 81.4 Å². The number of nitrogens with one attached hydrogen (secondary N) is 1. The molecule has 0 saturated carbocycles. The van der Waals surface area contributed by atoms with Crippen LogP contribution in [0.4, 0.5) is 0 Å². The normalized spacial score (nSPS) is 13.2. The van der Waals surface area contributed by atoms with Gasteiger partial charge in [0.2, 0.25) is 10.0 Å². The molecular formula is C13H22N2O3S2. The molecule has 1 aromatic carbocycles. The minimum atomic E-state index is -3.50. The molecule has 0 saturated heterocycles. The minimum Gasteiger partial charge on any atom is -0.496 e. The molecule has 0 radical (unpaired) electrons. The summed E-state index contributed by atoms with van der Waals surface area (Å²) in [6.45, 7) is 2.67. The van der Waals surface area contributed by atoms with Crippen molar-refractivity contribution in [1.29, 1.82) is 0 Å². The third kappa shape index (κ3) is 4.66. The number of ether oxygens (including phenoxy) is 1. The molecule has 0 spiro atoms. The zero-order valence-corrected chi connectivity index (χ0v) is 13.7. The third-order valence-corrected chi connectivity index (χ3v) is 5.18. The lowest BCUT2D eigenvalue weighted by atomic mass is 10.2. The first kappa shape index (κ1) is 17.3. The zero-order valence-electron chi connectivity index (χ0n) is 12.0. The molecular weight excluding hydrogens is 296 g/mol. The van der Waals surface area contributed by atoms with Gasteiger partial charge in [-0.15, -0.1) is 0 Å². The lowest BCUT2D eigenvalue weighted by Gasteiger charge is -2.13. The van der Waals surface area contributed by atoms with Crippen LogP contribution in [0, 0.1) is 5.92 Å². The van der Waals surface area contributed by atoms with Gasteiger partial charge in [0.1, 0.15) is 5.75 Å². The van der Waals surface area contributed by atoms with Crippen LogP contribution in [0.3, 0.4) is 0 Å². The van der Waals surface area contributed by atoms with Gasteiger partial charge in [-0.3, -0.25) is 0 Å². The molecule has 0 aromatic heterocycles. The maximum atomic E-state index is 12.2. The first-order valence-electron chi connectivity index (χ1n) is 6.30. The molecule has 0 aliphatic rings. The van der Waals surface area contributed by atoms with Gasteiger partial charge in [0.15, 0.2) is 0 Å². The summed E-state index contributed by atoms with van der Waals surface area (Å²) in [5.41, 5.74) is 6.28. The lowest BCUT2D eigenvalue weighted by Crippen LogP contribution is -2.29. The van der Waals surface area contributed by atoms with Gasteiger partial charge in [-0.2, -0.15) is 11.8 Å². The Hall–Kier alpha value is -0.760. The van der Waals surface area contributed by atoms with Crippen molar-refractivity contribution in [2.24, 2.45) is 11.7 Å². The predicted octanol–water partition coefficient (Wildman–Crippen LogP) is 1.43. The van der Waals surface area contributed by atoms with Gasteiger partial charge >= 0.3 is 0 Å². The Labute approximate surface area is 125 Å². The fourth-order valence-corrected chi connectivity index (χ4v) is 3.66. The van der Waals surface area contributed by atoms with E-state index in [1.165, 1.54) is 13.2 Å². The van der Waals surface area contributed by atoms with Crippen LogP contribution in [0.5, 0.6) is 5.75 Å². The smallest absolute Gasteiger partial charge is 0.240 e. The van der Waals surface area contributed by atoms with E-state index in [9.17, 15) is 8.42 Å². The second kappa shape index (κ2) is 7.87. The van der Waals surface area contributed by atoms with Gasteiger partial charge < -0.3 is 10.5 Å². The molecule has 0 aliphatic carbocycles. The van der Waals surface area contributed by atoms with Crippen molar-refractivity contribution >= 4 is 21.8 Å². The summed E-state index contributed by atoms with van der Waals surface area (Å²) in [5, 5.41) is 0. The number of rotatable bonds is 8. The Morgan fingerprint density at radius 3 is 2.70 bits per heavy atom. The van der Waals surface area contributed by atoms with E-state index in [-0.39, 0.29) is 17.4 Å². The second-order valence-electron chi connectivity index (χ2n) is 4.59. The Balaban J connectivity index is 2.87. The molecule has 0 bridgehead atoms. The van der Waals surface area contributed by atoms with E-state index in [1.807, 2.05) is 13.2 Å². The third-order valence-electron chi connectivity index (χ3n) is 2.86. The highest BCUT2D eigenvalue weighted by atomic mass is 32.2. The van der Waals surface area contributed by atoms with E-state index in [0.717, 1.165) is 5.75 Å². The fourth-order valence-electron chi connectivity index (χ4n) is 1.76. The number of hydrogen-bond donors (Lipinski definition) is 2. The van der Waals surface area contributed by atoms with Crippen molar-refractivity contribution in [1.82, 2.24) is 4.72 Å². The average Bonchev–Trinajstić information content (AvgIpc) is 2.44. The van der Waals surface area contributed by atoms with Crippen LogP contribution < -0.4 is 15.2 Å². The highest BCUT2D eigenvalue weighted by Crippen LogP contribution is 2.22. The van der Waals surface area contributed by atoms with Crippen molar-refractivity contribution in [3.63, 3.8) is 0 Å². The summed E-state index contributed by atoms with van der Waals surface area (Å²) >= 11 is 1.70. The first-order valence-corrected chi connectivity index (χ1v) is 9.18. The van der Waals surface area contributed by atoms with E-state index < -0.39 is 10.0 Å². The van der Waals surface area contributed by atoms with Gasteiger partial charge in [0.25, 0.3) is 0 Å². The van der Waals surface area contributed by atoms with Crippen LogP contribution in [-0.2, 0) is 16.6 Å². The Morgan fingerprint density at radius 2 is 2.15 bits per heavy atom. The van der Waals surface area contributed by atoms with Gasteiger partial charge in [-0.05, 0) is 36.1 Å². The molecule has 1 unspecified atom stereocenters. The van der Waals surface area contributed by atoms with Crippen molar-refractivity contribution in [2.75, 3.05) is 25.7 Å². The monoisotopic (exact) mass is 318 g/mol. The Bertz CT molecular complexity index is 532. The Kier molecular flexibility index (Phi) is 6.81. The molecule has 0 amide bonds. The summed E-state index contributed by atoms with van der Waals surface area (Å²) in [4.78, 5) is 0.218. The number of hydrogen-bond acceptors (Lipinski definition) is 5. The van der Waals surface area contributed by atoms with Gasteiger partial charge in [-0.25, -0.2) is 13.1 Å². The molecule has 0 aliphatic heterocycles. The molecule has 7 heteroatoms. The van der Waals surface area contributed by atoms with Crippen LogP contribution >= 0.6 is 11.8 Å². The Morgan fingerprint density at radius 1 is 1.45 bits per heavy atom. The van der Waals surface area contributed by atoms with E-state index >= 15 is 0 Å². The highest BCUT2D eigenvalue weighted by Gasteiger charge is 2.17. The average molecular weight is 318 g/mol. The van der Waals surface area contributed by atoms with Crippen LogP contribution in [0.1, 0.15) is 12.5 Å². The minimum absolute atomic E-state index is 0.218. The standard InChI is InChI=1S/C13H22N2O3S2/c1-10(9-19-3)8-15-20(16,17)12-4-5-13(18-2)11(6-12)7-14/h4-6,10,15H,7-9,14H2,1-3H3. The van der Waals surface area contributed by atoms with E-state index in [0.29, 0.717) is 17.9 Å². The summed E-state index contributed by atoms with van der Waals surface area (Å²) < 4.78 is 32.2. The molecule has 1 rings (SSSR count). The van der Waals surface area contributed by atoms with E-state index in [2.05, 4.69) is 4.72 Å². The molecule has 0 heterocycles. The van der Waals surface area contributed by atoms with Gasteiger partial charge in [-0.1, -0.05) is 6.92 Å². The lowest BCUT2D eigenvalue weighted by molar-refractivity contribution is 0.409. The first-order chi connectivity index (χ1) is 9.44. The summed E-state index contributed by atoms with van der Waals surface area (Å²) in [6.07, 6.45) is 2.00. The van der Waals surface area contributed by atoms with Crippen molar-refractivity contribution in [2.45, 2.75) is 18.4 Å². The SMILES string of the molecule is COc1ccc(S(=O)(=O)NCC(C)CSC)cc1CN. The predicted molar refractivity (Wildman–Crippen MR) is 83.6 cm³/mol. The van der Waals surface area contributed by atoms with Crippen molar-refractivity contribution in [3.8, 4) is 5.75 Å². The number of nitrogens with two attached hydrogens (primary N) is 1. The van der Waals surface area contributed by atoms with E-state index in [1.54, 1.807) is 23.9 Å². The van der Waals surface area contributed by atoms with Crippen molar-refractivity contribution < 1.29 is 13.2 Å². The maximum Gasteiger partial charge on any atom is 0.240 e. The van der Waals surface area contributed by atoms with Gasteiger partial charge in [0, 0.05) is 18.7 Å². The van der Waals surface area contributed by atoms with E-state index in [4.69, 9.17) is 10.5 Å². The molecule has 114 valence electrons. The quantitative estimate of drug-likeness (QED) is 0.758. The molecule has 5 nitrogen and oxygen atoms in total. The maximum absolute atomic E-state index is 12.2. The van der Waals surface area contributed by atoms with Crippen LogP contribution in [0.2, 0.25) is 0 Å². The van der Waals surface area contributed by atoms with Gasteiger partial charge in [0.05, 0.1) is 12.0 Å². The second-order valence-corrected chi connectivity index (χ2v) is 7.27. The fraction of sp³-hybridized carbons (Fsp3) is 0.538. The molecule has 1 aromatic rings. The number of methoxy groups -OCH3 is 1. The number of benzene rings is 1. The van der Waals surface area contributed by atoms with Crippen molar-refractivity contribution in [3.05, 3.63) is 23.8 Å². The summed E-state index contributed by atoms with van der Waals surface area (Å²) in [6, 6.07) is 4.71. The number of thioether (sulfide) groups is 1. The van der Waals surface area contributed by atoms with Crippen LogP contribution in [0.15, 0.2) is 23.1 Å². The summed E-state index contributed by atoms with van der Waals surface area (Å²) in [7, 11) is -1.97. The number of sulfonamides is 1.